The predicted molar refractivity (Wildman–Crippen MR) is 98.1 cm³/mol. The van der Waals surface area contributed by atoms with E-state index >= 15 is 0 Å². The molecule has 1 saturated heterocycles. The molecule has 1 atom stereocenters. The molecule has 1 unspecified atom stereocenters. The number of carbonyl (C=O) groups excluding carboxylic acids is 1. The second-order valence-electron chi connectivity index (χ2n) is 6.36. The fourth-order valence-corrected chi connectivity index (χ4v) is 2.88. The third-order valence-corrected chi connectivity index (χ3v) is 4.55. The quantitative estimate of drug-likeness (QED) is 0.793. The van der Waals surface area contributed by atoms with Gasteiger partial charge in [0.2, 0.25) is 5.95 Å². The van der Waals surface area contributed by atoms with Crippen molar-refractivity contribution in [2.24, 2.45) is 7.05 Å². The second kappa shape index (κ2) is 8.29. The summed E-state index contributed by atoms with van der Waals surface area (Å²) in [6.45, 7) is 4.81. The first-order chi connectivity index (χ1) is 12.6. The van der Waals surface area contributed by atoms with Gasteiger partial charge in [-0.1, -0.05) is 6.92 Å². The Morgan fingerprint density at radius 2 is 2.00 bits per heavy atom. The van der Waals surface area contributed by atoms with Crippen molar-refractivity contribution in [3.05, 3.63) is 30.4 Å². The van der Waals surface area contributed by atoms with Crippen molar-refractivity contribution in [2.45, 2.75) is 19.4 Å². The predicted octanol–water partition coefficient (Wildman–Crippen LogP) is 0.819. The van der Waals surface area contributed by atoms with Crippen LogP contribution in [-0.2, 0) is 11.8 Å². The maximum Gasteiger partial charge on any atom is 0.268 e. The number of carbonyl (C=O) groups is 1. The Kier molecular flexibility index (Phi) is 5.85. The van der Waals surface area contributed by atoms with Crippen LogP contribution < -0.4 is 10.2 Å². The number of aliphatic hydroxyl groups is 1. The lowest BCUT2D eigenvalue weighted by Crippen LogP contribution is -2.37. The zero-order valence-electron chi connectivity index (χ0n) is 15.2. The van der Waals surface area contributed by atoms with Crippen molar-refractivity contribution in [3.8, 4) is 11.1 Å². The van der Waals surface area contributed by atoms with E-state index in [0.717, 1.165) is 24.2 Å². The number of morpholine rings is 1. The van der Waals surface area contributed by atoms with Gasteiger partial charge >= 0.3 is 0 Å². The van der Waals surface area contributed by atoms with Gasteiger partial charge in [0.05, 0.1) is 25.9 Å². The number of rotatable bonds is 6. The summed E-state index contributed by atoms with van der Waals surface area (Å²) < 4.78 is 7.11. The van der Waals surface area contributed by atoms with E-state index in [4.69, 9.17) is 4.74 Å². The first kappa shape index (κ1) is 18.3. The number of anilines is 1. The van der Waals surface area contributed by atoms with Gasteiger partial charge in [0.15, 0.2) is 0 Å². The standard InChI is InChI=1S/C18H25N5O3/c1-3-15(12-24)21-17(25)16-8-13(11-22(16)2)14-9-19-18(20-10-14)23-4-6-26-7-5-23/h8-11,15,24H,3-7,12H2,1-2H3,(H,21,25). The molecule has 0 radical (unpaired) electrons. The summed E-state index contributed by atoms with van der Waals surface area (Å²) in [7, 11) is 1.82. The van der Waals surface area contributed by atoms with Crippen LogP contribution in [0.15, 0.2) is 24.7 Å². The topological polar surface area (TPSA) is 92.5 Å². The molecule has 0 bridgehead atoms. The van der Waals surface area contributed by atoms with Crippen LogP contribution >= 0.6 is 0 Å². The molecular formula is C18H25N5O3. The third-order valence-electron chi connectivity index (χ3n) is 4.55. The van der Waals surface area contributed by atoms with E-state index in [1.165, 1.54) is 0 Å². The van der Waals surface area contributed by atoms with E-state index in [1.807, 2.05) is 26.2 Å². The zero-order chi connectivity index (χ0) is 18.5. The minimum absolute atomic E-state index is 0.0731. The number of amides is 1. The van der Waals surface area contributed by atoms with Gasteiger partial charge in [0.25, 0.3) is 5.91 Å². The van der Waals surface area contributed by atoms with Crippen molar-refractivity contribution in [1.82, 2.24) is 19.9 Å². The molecule has 0 spiro atoms. The molecule has 0 aliphatic carbocycles. The molecule has 1 aliphatic rings. The monoisotopic (exact) mass is 359 g/mol. The molecule has 3 heterocycles. The average molecular weight is 359 g/mol. The zero-order valence-corrected chi connectivity index (χ0v) is 15.2. The summed E-state index contributed by atoms with van der Waals surface area (Å²) >= 11 is 0. The Morgan fingerprint density at radius 3 is 2.62 bits per heavy atom. The first-order valence-corrected chi connectivity index (χ1v) is 8.85. The van der Waals surface area contributed by atoms with E-state index in [-0.39, 0.29) is 18.6 Å². The molecular weight excluding hydrogens is 334 g/mol. The van der Waals surface area contributed by atoms with Gasteiger partial charge in [0, 0.05) is 49.9 Å². The Bertz CT molecular complexity index is 734. The smallest absolute Gasteiger partial charge is 0.268 e. The van der Waals surface area contributed by atoms with E-state index in [1.54, 1.807) is 17.0 Å². The van der Waals surface area contributed by atoms with E-state index in [2.05, 4.69) is 20.2 Å². The largest absolute Gasteiger partial charge is 0.394 e. The number of hydrogen-bond acceptors (Lipinski definition) is 6. The molecule has 2 aromatic heterocycles. The van der Waals surface area contributed by atoms with Gasteiger partial charge < -0.3 is 24.6 Å². The maximum absolute atomic E-state index is 12.4. The summed E-state index contributed by atoms with van der Waals surface area (Å²) in [6.07, 6.45) is 6.10. The first-order valence-electron chi connectivity index (χ1n) is 8.85. The molecule has 1 amide bonds. The van der Waals surface area contributed by atoms with Crippen LogP contribution in [0.2, 0.25) is 0 Å². The highest BCUT2D eigenvalue weighted by molar-refractivity contribution is 5.94. The highest BCUT2D eigenvalue weighted by Crippen LogP contribution is 2.22. The molecule has 2 N–H and O–H groups in total. The molecule has 3 rings (SSSR count). The Hall–Kier alpha value is -2.45. The van der Waals surface area contributed by atoms with E-state index in [0.29, 0.717) is 31.3 Å². The summed E-state index contributed by atoms with van der Waals surface area (Å²) in [6, 6.07) is 1.57. The molecule has 8 nitrogen and oxygen atoms in total. The molecule has 140 valence electrons. The van der Waals surface area contributed by atoms with Gasteiger partial charge in [0.1, 0.15) is 5.69 Å². The van der Waals surface area contributed by atoms with Crippen LogP contribution in [0.25, 0.3) is 11.1 Å². The number of hydrogen-bond donors (Lipinski definition) is 2. The van der Waals surface area contributed by atoms with Gasteiger partial charge in [-0.3, -0.25) is 4.79 Å². The molecule has 0 saturated carbocycles. The number of nitrogens with one attached hydrogen (secondary N) is 1. The third kappa shape index (κ3) is 4.03. The van der Waals surface area contributed by atoms with Crippen LogP contribution in [0.4, 0.5) is 5.95 Å². The van der Waals surface area contributed by atoms with Crippen LogP contribution in [0.3, 0.4) is 0 Å². The van der Waals surface area contributed by atoms with Gasteiger partial charge in [-0.15, -0.1) is 0 Å². The van der Waals surface area contributed by atoms with Crippen LogP contribution in [-0.4, -0.2) is 64.5 Å². The molecule has 8 heteroatoms. The number of ether oxygens (including phenoxy) is 1. The SMILES string of the molecule is CCC(CO)NC(=O)c1cc(-c2cnc(N3CCOCC3)nc2)cn1C. The Morgan fingerprint density at radius 1 is 1.31 bits per heavy atom. The lowest BCUT2D eigenvalue weighted by molar-refractivity contribution is 0.0906. The van der Waals surface area contributed by atoms with E-state index < -0.39 is 0 Å². The molecule has 2 aromatic rings. The van der Waals surface area contributed by atoms with Gasteiger partial charge in [-0.25, -0.2) is 9.97 Å². The van der Waals surface area contributed by atoms with Crippen LogP contribution in [0, 0.1) is 0 Å². The van der Waals surface area contributed by atoms with Crippen LogP contribution in [0.5, 0.6) is 0 Å². The average Bonchev–Trinajstić information content (AvgIpc) is 3.08. The number of aliphatic hydroxyl groups excluding tert-OH is 1. The van der Waals surface area contributed by atoms with Gasteiger partial charge in [-0.2, -0.15) is 0 Å². The maximum atomic E-state index is 12.4. The molecule has 1 aliphatic heterocycles. The summed E-state index contributed by atoms with van der Waals surface area (Å²) in [5.74, 6) is 0.491. The highest BCUT2D eigenvalue weighted by Gasteiger charge is 2.17. The Balaban J connectivity index is 1.74. The lowest BCUT2D eigenvalue weighted by Gasteiger charge is -2.26. The van der Waals surface area contributed by atoms with Crippen molar-refractivity contribution in [2.75, 3.05) is 37.8 Å². The van der Waals surface area contributed by atoms with Crippen LogP contribution in [0.1, 0.15) is 23.8 Å². The van der Waals surface area contributed by atoms with Crippen molar-refractivity contribution in [3.63, 3.8) is 0 Å². The minimum atomic E-state index is -0.239. The lowest BCUT2D eigenvalue weighted by atomic mass is 10.2. The molecule has 26 heavy (non-hydrogen) atoms. The van der Waals surface area contributed by atoms with Crippen molar-refractivity contribution < 1.29 is 14.6 Å². The second-order valence-corrected chi connectivity index (χ2v) is 6.36. The van der Waals surface area contributed by atoms with E-state index in [9.17, 15) is 9.90 Å². The fraction of sp³-hybridized carbons (Fsp3) is 0.500. The number of aryl methyl sites for hydroxylation is 1. The fourth-order valence-electron chi connectivity index (χ4n) is 2.88. The number of aromatic nitrogens is 3. The summed E-state index contributed by atoms with van der Waals surface area (Å²) in [5, 5.41) is 12.1. The van der Waals surface area contributed by atoms with Gasteiger partial charge in [-0.05, 0) is 12.5 Å². The number of nitrogens with zero attached hydrogens (tertiary/aromatic N) is 4. The summed E-state index contributed by atoms with van der Waals surface area (Å²) in [4.78, 5) is 23.4. The Labute approximate surface area is 152 Å². The van der Waals surface area contributed by atoms with Crippen molar-refractivity contribution >= 4 is 11.9 Å². The summed E-state index contributed by atoms with van der Waals surface area (Å²) in [5.41, 5.74) is 2.26. The highest BCUT2D eigenvalue weighted by atomic mass is 16.5. The molecule has 1 fully saturated rings. The molecule has 0 aromatic carbocycles. The normalized spacial score (nSPS) is 15.7. The minimum Gasteiger partial charge on any atom is -0.394 e. The van der Waals surface area contributed by atoms with Crippen molar-refractivity contribution in [1.29, 1.82) is 0 Å².